The lowest BCUT2D eigenvalue weighted by molar-refractivity contribution is 0.663. The van der Waals surface area contributed by atoms with E-state index < -0.39 is 0 Å². The lowest BCUT2D eigenvalue weighted by Crippen LogP contribution is -2.14. The third kappa shape index (κ3) is 4.19. The smallest absolute Gasteiger partial charge is 0.136 e. The molecule has 0 fully saturated rings. The van der Waals surface area contributed by atoms with Gasteiger partial charge in [0, 0.05) is 41.7 Å². The first-order chi connectivity index (χ1) is 25.9. The van der Waals surface area contributed by atoms with Crippen LogP contribution in [0, 0.1) is 0 Å². The van der Waals surface area contributed by atoms with Crippen molar-refractivity contribution in [2.45, 2.75) is 19.3 Å². The largest absolute Gasteiger partial charge is 0.456 e. The summed E-state index contributed by atoms with van der Waals surface area (Å²) >= 11 is 1.88. The second-order valence-electron chi connectivity index (χ2n) is 15.0. The van der Waals surface area contributed by atoms with Gasteiger partial charge in [-0.05, 0) is 102 Å². The Morgan fingerprint density at radius 3 is 2.06 bits per heavy atom. The van der Waals surface area contributed by atoms with Crippen molar-refractivity contribution in [3.8, 4) is 11.1 Å². The highest BCUT2D eigenvalue weighted by molar-refractivity contribution is 7.26. The fourth-order valence-corrected chi connectivity index (χ4v) is 10.4. The normalized spacial score (nSPS) is 14.9. The number of thiophene rings is 1. The molecule has 10 aromatic rings. The van der Waals surface area contributed by atoms with Crippen LogP contribution in [0.15, 0.2) is 169 Å². The third-order valence-corrected chi connectivity index (χ3v) is 13.0. The Balaban J connectivity index is 1.15. The molecule has 2 heteroatoms. The number of furan rings is 1. The fraction of sp³-hybridized carbons (Fsp3) is 0.0588. The van der Waals surface area contributed by atoms with E-state index in [1.165, 1.54) is 96.7 Å². The molecule has 0 spiro atoms. The summed E-state index contributed by atoms with van der Waals surface area (Å²) < 4.78 is 8.91. The average Bonchev–Trinajstić information content (AvgIpc) is 3.82. The van der Waals surface area contributed by atoms with Crippen LogP contribution in [0.1, 0.15) is 30.5 Å². The van der Waals surface area contributed by atoms with E-state index in [0.29, 0.717) is 0 Å². The molecular formula is C51H34OS. The Bertz CT molecular complexity index is 3230. The quantitative estimate of drug-likeness (QED) is 0.168. The number of benzene rings is 8. The summed E-state index contributed by atoms with van der Waals surface area (Å²) in [7, 11) is 0. The van der Waals surface area contributed by atoms with Crippen LogP contribution in [0.4, 0.5) is 0 Å². The minimum Gasteiger partial charge on any atom is -0.456 e. The van der Waals surface area contributed by atoms with E-state index in [2.05, 4.69) is 160 Å². The van der Waals surface area contributed by atoms with Crippen molar-refractivity contribution < 1.29 is 4.42 Å². The molecule has 1 aliphatic rings. The summed E-state index contributed by atoms with van der Waals surface area (Å²) in [5, 5.41) is 12.3. The zero-order chi connectivity index (χ0) is 35.6. The molecular weight excluding hydrogens is 661 g/mol. The summed E-state index contributed by atoms with van der Waals surface area (Å²) in [6.07, 6.45) is 2.28. The van der Waals surface area contributed by atoms with Crippen molar-refractivity contribution in [2.75, 3.05) is 0 Å². The van der Waals surface area contributed by atoms with Gasteiger partial charge in [0.15, 0.2) is 0 Å². The van der Waals surface area contributed by atoms with E-state index >= 15 is 0 Å². The van der Waals surface area contributed by atoms with Crippen molar-refractivity contribution in [1.29, 1.82) is 0 Å². The highest BCUT2D eigenvalue weighted by atomic mass is 32.1. The molecule has 1 nitrogen and oxygen atoms in total. The van der Waals surface area contributed by atoms with Crippen LogP contribution in [0.3, 0.4) is 0 Å². The Labute approximate surface area is 311 Å². The number of para-hydroxylation sites is 1. The van der Waals surface area contributed by atoms with Crippen LogP contribution in [-0.2, 0) is 5.41 Å². The van der Waals surface area contributed by atoms with Gasteiger partial charge in [0.25, 0.3) is 0 Å². The Hall–Kier alpha value is -6.22. The number of hydrogen-bond donors (Lipinski definition) is 0. The molecule has 0 unspecified atom stereocenters. The third-order valence-electron chi connectivity index (χ3n) is 11.8. The first kappa shape index (κ1) is 30.4. The van der Waals surface area contributed by atoms with Gasteiger partial charge in [-0.15, -0.1) is 11.3 Å². The number of rotatable bonds is 3. The molecule has 250 valence electrons. The maximum Gasteiger partial charge on any atom is 0.136 e. The van der Waals surface area contributed by atoms with Gasteiger partial charge < -0.3 is 4.42 Å². The summed E-state index contributed by atoms with van der Waals surface area (Å²) in [6.45, 7) is 13.9. The van der Waals surface area contributed by atoms with E-state index in [4.69, 9.17) is 11.0 Å². The van der Waals surface area contributed by atoms with Gasteiger partial charge in [0.1, 0.15) is 11.2 Å². The minimum atomic E-state index is -0.133. The van der Waals surface area contributed by atoms with Gasteiger partial charge >= 0.3 is 0 Å². The predicted molar refractivity (Wildman–Crippen MR) is 230 cm³/mol. The van der Waals surface area contributed by atoms with Crippen molar-refractivity contribution in [1.82, 2.24) is 0 Å². The molecule has 2 heterocycles. The molecule has 0 N–H and O–H groups in total. The Kier molecular flexibility index (Phi) is 6.25. The monoisotopic (exact) mass is 694 g/mol. The molecule has 0 radical (unpaired) electrons. The summed E-state index contributed by atoms with van der Waals surface area (Å²) in [4.78, 5) is 0. The van der Waals surface area contributed by atoms with Crippen LogP contribution in [0.5, 0.6) is 0 Å². The van der Waals surface area contributed by atoms with Gasteiger partial charge in [0.05, 0.1) is 0 Å². The number of allylic oxidation sites excluding steroid dienone is 4. The van der Waals surface area contributed by atoms with Gasteiger partial charge in [0.2, 0.25) is 0 Å². The molecule has 0 saturated carbocycles. The van der Waals surface area contributed by atoms with Gasteiger partial charge in [-0.1, -0.05) is 142 Å². The first-order valence-corrected chi connectivity index (χ1v) is 19.0. The maximum atomic E-state index is 6.33. The summed E-state index contributed by atoms with van der Waals surface area (Å²) in [5.41, 5.74) is 11.3. The summed E-state index contributed by atoms with van der Waals surface area (Å²) in [5.74, 6) is 0. The first-order valence-electron chi connectivity index (χ1n) is 18.2. The minimum absolute atomic E-state index is 0.133. The molecule has 0 bridgehead atoms. The van der Waals surface area contributed by atoms with E-state index in [1.807, 2.05) is 17.4 Å². The molecule has 0 aliphatic heterocycles. The van der Waals surface area contributed by atoms with Gasteiger partial charge in [-0.3, -0.25) is 0 Å². The van der Waals surface area contributed by atoms with E-state index in [-0.39, 0.29) is 5.41 Å². The Morgan fingerprint density at radius 1 is 0.623 bits per heavy atom. The predicted octanol–water partition coefficient (Wildman–Crippen LogP) is 15.0. The fourth-order valence-electron chi connectivity index (χ4n) is 9.13. The highest BCUT2D eigenvalue weighted by Crippen LogP contribution is 2.51. The summed E-state index contributed by atoms with van der Waals surface area (Å²) in [6, 6.07) is 50.7. The van der Waals surface area contributed by atoms with Crippen LogP contribution >= 0.6 is 11.3 Å². The van der Waals surface area contributed by atoms with Crippen molar-refractivity contribution in [3.63, 3.8) is 0 Å². The van der Waals surface area contributed by atoms with Gasteiger partial charge in [-0.2, -0.15) is 0 Å². The van der Waals surface area contributed by atoms with Crippen LogP contribution < -0.4 is 0 Å². The zero-order valence-corrected chi connectivity index (χ0v) is 30.4. The standard InChI is InChI=1S/C51H34OS/c1-29(27-40-30(2)51(3,4)42-19-11-9-13-33(40)42)46-34-14-5-7-16-36(34)47(37-17-8-6-15-35(37)46)32-23-26-45-41(28-32)38-24-21-31-22-25-44-49(48(31)50(38)53-45)39-18-10-12-20-43(39)52-44/h5-28H,1-2H2,3-4H3/b40-27+. The van der Waals surface area contributed by atoms with Gasteiger partial charge in [-0.25, -0.2) is 0 Å². The molecule has 0 amide bonds. The van der Waals surface area contributed by atoms with Crippen LogP contribution in [0.25, 0.3) is 96.7 Å². The molecule has 53 heavy (non-hydrogen) atoms. The average molecular weight is 695 g/mol. The SMILES string of the molecule is C=C(/C=C1\C(=C)C(C)(C)c2ccccc21)c1c2ccccc2c(-c2ccc3sc4c(ccc5ccc6oc7ccccc7c6c54)c3c2)c2ccccc12. The number of fused-ring (bicyclic) bond motifs is 12. The van der Waals surface area contributed by atoms with E-state index in [0.717, 1.165) is 22.3 Å². The molecule has 0 saturated heterocycles. The number of hydrogen-bond acceptors (Lipinski definition) is 2. The lowest BCUT2D eigenvalue weighted by atomic mass is 9.82. The van der Waals surface area contributed by atoms with Crippen molar-refractivity contribution >= 4 is 96.9 Å². The second-order valence-corrected chi connectivity index (χ2v) is 16.0. The topological polar surface area (TPSA) is 13.1 Å². The molecule has 1 aliphatic carbocycles. The zero-order valence-electron chi connectivity index (χ0n) is 29.6. The highest BCUT2D eigenvalue weighted by Gasteiger charge is 2.36. The van der Waals surface area contributed by atoms with Crippen molar-refractivity contribution in [3.05, 3.63) is 181 Å². The maximum absolute atomic E-state index is 6.33. The van der Waals surface area contributed by atoms with E-state index in [9.17, 15) is 0 Å². The Morgan fingerprint density at radius 2 is 1.28 bits per heavy atom. The molecule has 11 rings (SSSR count). The second kappa shape index (κ2) is 10.9. The molecule has 0 atom stereocenters. The lowest BCUT2D eigenvalue weighted by Gasteiger charge is -2.21. The van der Waals surface area contributed by atoms with Crippen LogP contribution in [-0.4, -0.2) is 0 Å². The van der Waals surface area contributed by atoms with E-state index in [1.54, 1.807) is 0 Å². The molecule has 2 aromatic heterocycles. The van der Waals surface area contributed by atoms with Crippen LogP contribution in [0.2, 0.25) is 0 Å². The molecule has 8 aromatic carbocycles. The van der Waals surface area contributed by atoms with Crippen molar-refractivity contribution in [2.24, 2.45) is 0 Å².